The maximum atomic E-state index is 12.4. The summed E-state index contributed by atoms with van der Waals surface area (Å²) in [6.45, 7) is 1.27. The van der Waals surface area contributed by atoms with E-state index in [1.165, 1.54) is 25.1 Å². The van der Waals surface area contributed by atoms with Gasteiger partial charge in [0.05, 0.1) is 5.92 Å². The van der Waals surface area contributed by atoms with Crippen LogP contribution in [0.25, 0.3) is 0 Å². The van der Waals surface area contributed by atoms with Crippen LogP contribution >= 0.6 is 0 Å². The van der Waals surface area contributed by atoms with Crippen molar-refractivity contribution in [1.29, 1.82) is 0 Å². The van der Waals surface area contributed by atoms with Gasteiger partial charge in [-0.2, -0.15) is 13.2 Å². The molecular weight excluding hydrogens is 237 g/mol. The number of aliphatic hydroxyl groups excluding tert-OH is 1. The van der Waals surface area contributed by atoms with Crippen molar-refractivity contribution in [3.63, 3.8) is 0 Å². The van der Waals surface area contributed by atoms with Crippen molar-refractivity contribution in [3.8, 4) is 0 Å². The molecule has 0 saturated carbocycles. The zero-order chi connectivity index (χ0) is 13.2. The Bertz CT molecular complexity index is 415. The van der Waals surface area contributed by atoms with E-state index in [2.05, 4.69) is 0 Å². The maximum Gasteiger partial charge on any atom is 0.418 e. The molecular formula is C11H11F3O3. The first kappa shape index (κ1) is 13.5. The van der Waals surface area contributed by atoms with Crippen LogP contribution in [0.2, 0.25) is 0 Å². The van der Waals surface area contributed by atoms with Crippen molar-refractivity contribution in [1.82, 2.24) is 0 Å². The summed E-state index contributed by atoms with van der Waals surface area (Å²) < 4.78 is 37.1. The van der Waals surface area contributed by atoms with Crippen molar-refractivity contribution in [2.45, 2.75) is 25.1 Å². The number of aliphatic hydroxyl groups is 1. The van der Waals surface area contributed by atoms with Crippen LogP contribution in [0.5, 0.6) is 0 Å². The van der Waals surface area contributed by atoms with Crippen molar-refractivity contribution in [3.05, 3.63) is 35.4 Å². The van der Waals surface area contributed by atoms with Gasteiger partial charge in [0.15, 0.2) is 6.10 Å². The smallest absolute Gasteiger partial charge is 0.418 e. The largest absolute Gasteiger partial charge is 0.481 e. The molecule has 2 atom stereocenters. The first-order valence-corrected chi connectivity index (χ1v) is 4.81. The highest BCUT2D eigenvalue weighted by atomic mass is 19.4. The zero-order valence-electron chi connectivity index (χ0n) is 8.90. The standard InChI is InChI=1S/C11H11F3O3/c1-6(10(16)17)7-4-2-3-5-8(7)9(15)11(12,13)14/h2-6,9,15H,1H3,(H,16,17). The summed E-state index contributed by atoms with van der Waals surface area (Å²) in [5.41, 5.74) is -0.459. The summed E-state index contributed by atoms with van der Waals surface area (Å²) >= 11 is 0. The molecule has 3 nitrogen and oxygen atoms in total. The van der Waals surface area contributed by atoms with Gasteiger partial charge < -0.3 is 10.2 Å². The first-order chi connectivity index (χ1) is 7.75. The molecule has 0 fully saturated rings. The lowest BCUT2D eigenvalue weighted by atomic mass is 9.92. The minimum Gasteiger partial charge on any atom is -0.481 e. The predicted octanol–water partition coefficient (Wildman–Crippen LogP) is 2.47. The Morgan fingerprint density at radius 1 is 1.24 bits per heavy atom. The van der Waals surface area contributed by atoms with Gasteiger partial charge in [-0.3, -0.25) is 4.79 Å². The monoisotopic (exact) mass is 248 g/mol. The molecule has 0 radical (unpaired) electrons. The fourth-order valence-corrected chi connectivity index (χ4v) is 1.46. The van der Waals surface area contributed by atoms with Gasteiger partial charge in [-0.25, -0.2) is 0 Å². The highest BCUT2D eigenvalue weighted by Gasteiger charge is 2.41. The summed E-state index contributed by atoms with van der Waals surface area (Å²) in [5, 5.41) is 17.9. The molecule has 0 aliphatic heterocycles. The van der Waals surface area contributed by atoms with Gasteiger partial charge in [-0.05, 0) is 18.1 Å². The van der Waals surface area contributed by atoms with Crippen molar-refractivity contribution in [2.75, 3.05) is 0 Å². The number of carboxylic acids is 1. The fourth-order valence-electron chi connectivity index (χ4n) is 1.46. The first-order valence-electron chi connectivity index (χ1n) is 4.81. The molecule has 0 aliphatic carbocycles. The van der Waals surface area contributed by atoms with Crippen LogP contribution in [0.3, 0.4) is 0 Å². The highest BCUT2D eigenvalue weighted by Crippen LogP contribution is 2.36. The summed E-state index contributed by atoms with van der Waals surface area (Å²) in [5.74, 6) is -2.35. The quantitative estimate of drug-likeness (QED) is 0.863. The molecule has 2 unspecified atom stereocenters. The SMILES string of the molecule is CC(C(=O)O)c1ccccc1C(O)C(F)(F)F. The van der Waals surface area contributed by atoms with Crippen LogP contribution in [-0.2, 0) is 4.79 Å². The maximum absolute atomic E-state index is 12.4. The average Bonchev–Trinajstić information content (AvgIpc) is 2.25. The molecule has 0 saturated heterocycles. The summed E-state index contributed by atoms with van der Waals surface area (Å²) in [7, 11) is 0. The summed E-state index contributed by atoms with van der Waals surface area (Å²) in [4.78, 5) is 10.8. The van der Waals surface area contributed by atoms with E-state index in [0.717, 1.165) is 6.07 Å². The normalized spacial score (nSPS) is 15.4. The fraction of sp³-hybridized carbons (Fsp3) is 0.364. The molecule has 6 heteroatoms. The van der Waals surface area contributed by atoms with Gasteiger partial charge in [-0.15, -0.1) is 0 Å². The van der Waals surface area contributed by atoms with Gasteiger partial charge in [0.25, 0.3) is 0 Å². The molecule has 2 N–H and O–H groups in total. The Balaban J connectivity index is 3.21. The highest BCUT2D eigenvalue weighted by molar-refractivity contribution is 5.76. The number of halogens is 3. The number of aliphatic carboxylic acids is 1. The Labute approximate surface area is 95.5 Å². The molecule has 1 aromatic rings. The third-order valence-electron chi connectivity index (χ3n) is 2.44. The minimum atomic E-state index is -4.81. The van der Waals surface area contributed by atoms with Crippen LogP contribution in [0.15, 0.2) is 24.3 Å². The molecule has 0 aromatic heterocycles. The van der Waals surface area contributed by atoms with Crippen LogP contribution in [0.1, 0.15) is 30.1 Å². The number of hydrogen-bond donors (Lipinski definition) is 2. The Morgan fingerprint density at radius 2 is 1.71 bits per heavy atom. The number of benzene rings is 1. The van der Waals surface area contributed by atoms with Gasteiger partial charge in [0.1, 0.15) is 0 Å². The Morgan fingerprint density at radius 3 is 2.12 bits per heavy atom. The molecule has 0 spiro atoms. The molecule has 0 heterocycles. The molecule has 17 heavy (non-hydrogen) atoms. The Kier molecular flexibility index (Phi) is 3.77. The van der Waals surface area contributed by atoms with Crippen LogP contribution in [0, 0.1) is 0 Å². The Hall–Kier alpha value is -1.56. The second-order valence-electron chi connectivity index (χ2n) is 3.63. The van der Waals surface area contributed by atoms with E-state index >= 15 is 0 Å². The second-order valence-corrected chi connectivity index (χ2v) is 3.63. The molecule has 1 rings (SSSR count). The second kappa shape index (κ2) is 4.75. The lowest BCUT2D eigenvalue weighted by molar-refractivity contribution is -0.207. The summed E-state index contributed by atoms with van der Waals surface area (Å²) in [6.07, 6.45) is -7.48. The zero-order valence-corrected chi connectivity index (χ0v) is 8.90. The van der Waals surface area contributed by atoms with Crippen LogP contribution in [-0.4, -0.2) is 22.4 Å². The minimum absolute atomic E-state index is 0.0372. The third kappa shape index (κ3) is 2.97. The van der Waals surface area contributed by atoms with Crippen molar-refractivity contribution < 1.29 is 28.2 Å². The van der Waals surface area contributed by atoms with E-state index in [4.69, 9.17) is 10.2 Å². The van der Waals surface area contributed by atoms with E-state index < -0.39 is 29.7 Å². The van der Waals surface area contributed by atoms with E-state index in [-0.39, 0.29) is 5.56 Å². The molecule has 0 amide bonds. The molecule has 0 bridgehead atoms. The van der Waals surface area contributed by atoms with Crippen molar-refractivity contribution in [2.24, 2.45) is 0 Å². The van der Waals surface area contributed by atoms with Gasteiger partial charge in [0, 0.05) is 0 Å². The van der Waals surface area contributed by atoms with Gasteiger partial charge in [-0.1, -0.05) is 24.3 Å². The number of carbonyl (C=O) groups is 1. The summed E-state index contributed by atoms with van der Waals surface area (Å²) in [6, 6.07) is 5.10. The van der Waals surface area contributed by atoms with Crippen LogP contribution < -0.4 is 0 Å². The van der Waals surface area contributed by atoms with E-state index in [1.54, 1.807) is 0 Å². The number of carboxylic acid groups (broad SMARTS) is 1. The average molecular weight is 248 g/mol. The molecule has 1 aromatic carbocycles. The number of hydrogen-bond acceptors (Lipinski definition) is 2. The van der Waals surface area contributed by atoms with Crippen molar-refractivity contribution >= 4 is 5.97 Å². The van der Waals surface area contributed by atoms with E-state index in [0.29, 0.717) is 0 Å². The van der Waals surface area contributed by atoms with Gasteiger partial charge >= 0.3 is 12.1 Å². The predicted molar refractivity (Wildman–Crippen MR) is 53.5 cm³/mol. The number of rotatable bonds is 3. The third-order valence-corrected chi connectivity index (χ3v) is 2.44. The van der Waals surface area contributed by atoms with Crippen LogP contribution in [0.4, 0.5) is 13.2 Å². The topological polar surface area (TPSA) is 57.5 Å². The molecule has 0 aliphatic rings. The van der Waals surface area contributed by atoms with E-state index in [9.17, 15) is 18.0 Å². The lowest BCUT2D eigenvalue weighted by Gasteiger charge is -2.19. The molecule has 94 valence electrons. The van der Waals surface area contributed by atoms with Gasteiger partial charge in [0.2, 0.25) is 0 Å². The van der Waals surface area contributed by atoms with E-state index in [1.807, 2.05) is 0 Å². The number of alkyl halides is 3. The lowest BCUT2D eigenvalue weighted by Crippen LogP contribution is -2.23.